The van der Waals surface area contributed by atoms with Crippen LogP contribution in [0.2, 0.25) is 0 Å². The van der Waals surface area contributed by atoms with Crippen LogP contribution in [0.3, 0.4) is 0 Å². The van der Waals surface area contributed by atoms with Crippen LogP contribution in [0.4, 0.5) is 4.79 Å². The van der Waals surface area contributed by atoms with Gasteiger partial charge in [-0.15, -0.1) is 0 Å². The Labute approximate surface area is 210 Å². The number of carbonyl (C=O) groups excluding carboxylic acids is 1. The highest BCUT2D eigenvalue weighted by atomic mass is 16.5. The molecule has 36 heavy (non-hydrogen) atoms. The lowest BCUT2D eigenvalue weighted by Gasteiger charge is -2.41. The van der Waals surface area contributed by atoms with Crippen molar-refractivity contribution in [3.8, 4) is 17.6 Å². The molecule has 5 rings (SSSR count). The molecular weight excluding hydrogens is 458 g/mol. The number of morpholine rings is 1. The van der Waals surface area contributed by atoms with Gasteiger partial charge in [0, 0.05) is 25.0 Å². The van der Waals surface area contributed by atoms with Gasteiger partial charge >= 0.3 is 6.03 Å². The number of methoxy groups -OCH3 is 1. The average Bonchev–Trinajstić information content (AvgIpc) is 3.33. The Balaban J connectivity index is 1.49. The van der Waals surface area contributed by atoms with Gasteiger partial charge in [-0.25, -0.2) is 4.79 Å². The van der Waals surface area contributed by atoms with Crippen molar-refractivity contribution in [3.05, 3.63) is 58.8 Å². The molecule has 2 aromatic carbocycles. The van der Waals surface area contributed by atoms with E-state index < -0.39 is 0 Å². The summed E-state index contributed by atoms with van der Waals surface area (Å²) in [6.07, 6.45) is 3.94. The maximum Gasteiger partial charge on any atom is 0.320 e. The summed E-state index contributed by atoms with van der Waals surface area (Å²) in [7, 11) is 1.65. The molecule has 1 fully saturated rings. The lowest BCUT2D eigenvalue weighted by atomic mass is 9.88. The van der Waals surface area contributed by atoms with Gasteiger partial charge in [0.05, 0.1) is 50.9 Å². The monoisotopic (exact) mass is 489 g/mol. The SMILES string of the molecule is CCOc1cc2c(cc1OC)CCN(C(=O)N1CCOCC1)C2CCc1coc2ccc(C#N)cc12. The van der Waals surface area contributed by atoms with Gasteiger partial charge in [-0.05, 0) is 73.2 Å². The largest absolute Gasteiger partial charge is 0.493 e. The normalized spacial score (nSPS) is 17.5. The van der Waals surface area contributed by atoms with E-state index in [1.165, 1.54) is 5.56 Å². The van der Waals surface area contributed by atoms with E-state index in [0.29, 0.717) is 69.4 Å². The number of hydrogen-bond donors (Lipinski definition) is 0. The van der Waals surface area contributed by atoms with Gasteiger partial charge in [0.1, 0.15) is 5.58 Å². The third-order valence-electron chi connectivity index (χ3n) is 7.08. The number of nitriles is 1. The molecule has 2 aliphatic rings. The second kappa shape index (κ2) is 10.5. The van der Waals surface area contributed by atoms with Crippen LogP contribution in [0.15, 0.2) is 41.0 Å². The fraction of sp³-hybridized carbons (Fsp3) is 0.429. The average molecular weight is 490 g/mol. The number of carbonyl (C=O) groups is 1. The maximum absolute atomic E-state index is 13.7. The molecule has 0 aliphatic carbocycles. The molecule has 1 unspecified atom stereocenters. The van der Waals surface area contributed by atoms with Gasteiger partial charge in [0.2, 0.25) is 0 Å². The molecule has 1 aromatic heterocycles. The number of furan rings is 1. The molecule has 2 amide bonds. The molecule has 3 heterocycles. The van der Waals surface area contributed by atoms with E-state index in [1.54, 1.807) is 19.4 Å². The molecule has 8 heteroatoms. The molecule has 188 valence electrons. The van der Waals surface area contributed by atoms with E-state index in [4.69, 9.17) is 18.6 Å². The summed E-state index contributed by atoms with van der Waals surface area (Å²) < 4.78 is 22.7. The van der Waals surface area contributed by atoms with E-state index in [1.807, 2.05) is 34.9 Å². The fourth-order valence-corrected chi connectivity index (χ4v) is 5.25. The Morgan fingerprint density at radius 1 is 1.17 bits per heavy atom. The first-order valence-corrected chi connectivity index (χ1v) is 12.5. The molecule has 0 spiro atoms. The number of aryl methyl sites for hydroxylation is 1. The number of fused-ring (bicyclic) bond motifs is 2. The Kier molecular flexibility index (Phi) is 7.01. The van der Waals surface area contributed by atoms with Crippen molar-refractivity contribution in [1.82, 2.24) is 9.80 Å². The quantitative estimate of drug-likeness (QED) is 0.499. The molecule has 0 bridgehead atoms. The van der Waals surface area contributed by atoms with E-state index >= 15 is 0 Å². The summed E-state index contributed by atoms with van der Waals surface area (Å²) in [4.78, 5) is 17.5. The topological polar surface area (TPSA) is 88.2 Å². The highest BCUT2D eigenvalue weighted by Gasteiger charge is 2.35. The van der Waals surface area contributed by atoms with Crippen LogP contribution in [0.1, 0.15) is 41.6 Å². The predicted octanol–water partition coefficient (Wildman–Crippen LogP) is 4.70. The van der Waals surface area contributed by atoms with Crippen molar-refractivity contribution >= 4 is 17.0 Å². The highest BCUT2D eigenvalue weighted by molar-refractivity contribution is 5.82. The highest BCUT2D eigenvalue weighted by Crippen LogP contribution is 2.41. The number of ether oxygens (including phenoxy) is 3. The summed E-state index contributed by atoms with van der Waals surface area (Å²) in [5.74, 6) is 1.41. The van der Waals surface area contributed by atoms with Crippen LogP contribution >= 0.6 is 0 Å². The minimum absolute atomic E-state index is 0.0477. The number of urea groups is 1. The van der Waals surface area contributed by atoms with Crippen molar-refractivity contribution in [1.29, 1.82) is 5.26 Å². The first-order chi connectivity index (χ1) is 17.6. The fourth-order valence-electron chi connectivity index (χ4n) is 5.25. The van der Waals surface area contributed by atoms with E-state index in [0.717, 1.165) is 28.5 Å². The lowest BCUT2D eigenvalue weighted by Crippen LogP contribution is -2.51. The molecule has 8 nitrogen and oxygen atoms in total. The summed E-state index contributed by atoms with van der Waals surface area (Å²) in [5.41, 5.74) is 4.67. The Morgan fingerprint density at radius 2 is 2.00 bits per heavy atom. The van der Waals surface area contributed by atoms with Crippen molar-refractivity contribution in [2.45, 2.75) is 32.2 Å². The zero-order valence-corrected chi connectivity index (χ0v) is 20.8. The van der Waals surface area contributed by atoms with E-state index in [2.05, 4.69) is 12.1 Å². The standard InChI is InChI=1S/C28H31N3O5/c1-3-35-27-16-22-20(15-26(27)33-2)8-9-31(28(32)30-10-12-34-13-11-30)24(22)6-5-21-18-36-25-7-4-19(17-29)14-23(21)25/h4,7,14-16,18,24H,3,5-6,8-13H2,1-2H3. The first-order valence-electron chi connectivity index (χ1n) is 12.5. The third kappa shape index (κ3) is 4.59. The minimum Gasteiger partial charge on any atom is -0.493 e. The van der Waals surface area contributed by atoms with Crippen molar-refractivity contribution in [2.24, 2.45) is 0 Å². The molecule has 1 saturated heterocycles. The van der Waals surface area contributed by atoms with Crippen molar-refractivity contribution in [2.75, 3.05) is 46.6 Å². The van der Waals surface area contributed by atoms with Crippen molar-refractivity contribution in [3.63, 3.8) is 0 Å². The van der Waals surface area contributed by atoms with Crippen LogP contribution in [0, 0.1) is 11.3 Å². The second-order valence-corrected chi connectivity index (χ2v) is 9.10. The van der Waals surface area contributed by atoms with Gasteiger partial charge in [-0.1, -0.05) is 0 Å². The molecular formula is C28H31N3O5. The number of benzene rings is 2. The smallest absolute Gasteiger partial charge is 0.320 e. The summed E-state index contributed by atoms with van der Waals surface area (Å²) in [5, 5.41) is 10.3. The number of hydrogen-bond acceptors (Lipinski definition) is 6. The van der Waals surface area contributed by atoms with Gasteiger partial charge in [0.15, 0.2) is 11.5 Å². The van der Waals surface area contributed by atoms with Gasteiger partial charge in [-0.3, -0.25) is 0 Å². The Morgan fingerprint density at radius 3 is 2.75 bits per heavy atom. The molecule has 0 radical (unpaired) electrons. The van der Waals surface area contributed by atoms with Gasteiger partial charge in [-0.2, -0.15) is 5.26 Å². The zero-order chi connectivity index (χ0) is 25.1. The second-order valence-electron chi connectivity index (χ2n) is 9.10. The molecule has 1 atom stereocenters. The number of amides is 2. The van der Waals surface area contributed by atoms with E-state index in [9.17, 15) is 10.1 Å². The van der Waals surface area contributed by atoms with Crippen molar-refractivity contribution < 1.29 is 23.4 Å². The third-order valence-corrected chi connectivity index (χ3v) is 7.08. The van der Waals surface area contributed by atoms with Crippen LogP contribution in [0.5, 0.6) is 11.5 Å². The van der Waals surface area contributed by atoms with Crippen LogP contribution < -0.4 is 9.47 Å². The van der Waals surface area contributed by atoms with Gasteiger partial charge in [0.25, 0.3) is 0 Å². The summed E-state index contributed by atoms with van der Waals surface area (Å²) >= 11 is 0. The Bertz CT molecular complexity index is 1290. The van der Waals surface area contributed by atoms with Crippen LogP contribution in [-0.2, 0) is 17.6 Å². The summed E-state index contributed by atoms with van der Waals surface area (Å²) in [6.45, 7) is 5.44. The van der Waals surface area contributed by atoms with Crippen LogP contribution in [0.25, 0.3) is 11.0 Å². The predicted molar refractivity (Wildman–Crippen MR) is 134 cm³/mol. The Hall–Kier alpha value is -3.70. The first kappa shape index (κ1) is 24.0. The van der Waals surface area contributed by atoms with Gasteiger partial charge < -0.3 is 28.4 Å². The number of nitrogens with zero attached hydrogens (tertiary/aromatic N) is 3. The lowest BCUT2D eigenvalue weighted by molar-refractivity contribution is 0.0376. The molecule has 0 saturated carbocycles. The summed E-state index contributed by atoms with van der Waals surface area (Å²) in [6, 6.07) is 11.7. The molecule has 0 N–H and O–H groups in total. The zero-order valence-electron chi connectivity index (χ0n) is 20.8. The molecule has 3 aromatic rings. The minimum atomic E-state index is -0.127. The molecule has 2 aliphatic heterocycles. The number of rotatable bonds is 6. The maximum atomic E-state index is 13.7. The van der Waals surface area contributed by atoms with Crippen LogP contribution in [-0.4, -0.2) is 62.4 Å². The van der Waals surface area contributed by atoms with E-state index in [-0.39, 0.29) is 12.1 Å².